The van der Waals surface area contributed by atoms with Gasteiger partial charge in [-0.05, 0) is 41.8 Å². The van der Waals surface area contributed by atoms with Crippen LogP contribution < -0.4 is 10.5 Å². The Hall–Kier alpha value is -2.12. The van der Waals surface area contributed by atoms with E-state index in [2.05, 4.69) is 4.90 Å². The quantitative estimate of drug-likeness (QED) is 0.834. The fourth-order valence-corrected chi connectivity index (χ4v) is 3.84. The number of hydrogen-bond donors (Lipinski definition) is 0. The predicted octanol–water partition coefficient (Wildman–Crippen LogP) is 1.20. The van der Waals surface area contributed by atoms with Crippen LogP contribution in [0.4, 0.5) is 5.69 Å². The lowest BCUT2D eigenvalue weighted by molar-refractivity contribution is 0.520. The van der Waals surface area contributed by atoms with Gasteiger partial charge >= 0.3 is 0 Å². The Balaban J connectivity index is 1.88. The van der Waals surface area contributed by atoms with Crippen molar-refractivity contribution in [2.75, 3.05) is 25.5 Å². The lowest BCUT2D eigenvalue weighted by atomic mass is 10.2. The Bertz CT molecular complexity index is 932. The van der Waals surface area contributed by atoms with Gasteiger partial charge in [-0.25, -0.2) is 12.7 Å². The number of sulfonamides is 1. The van der Waals surface area contributed by atoms with Gasteiger partial charge in [0.25, 0.3) is 5.56 Å². The molecule has 0 saturated heterocycles. The first-order valence-electron chi connectivity index (χ1n) is 7.75. The highest BCUT2D eigenvalue weighted by molar-refractivity contribution is 7.89. The summed E-state index contributed by atoms with van der Waals surface area (Å²) in [6.45, 7) is 1.46. The molecule has 0 atom stereocenters. The van der Waals surface area contributed by atoms with Gasteiger partial charge in [0.15, 0.2) is 0 Å². The molecule has 3 rings (SSSR count). The molecule has 1 aromatic heterocycles. The Kier molecular flexibility index (Phi) is 4.23. The molecule has 6 nitrogen and oxygen atoms in total. The number of hydrogen-bond acceptors (Lipinski definition) is 4. The highest BCUT2D eigenvalue weighted by Gasteiger charge is 2.24. The smallest absolute Gasteiger partial charge is 0.250 e. The lowest BCUT2D eigenvalue weighted by Crippen LogP contribution is -2.23. The van der Waals surface area contributed by atoms with Crippen molar-refractivity contribution in [3.8, 4) is 0 Å². The predicted molar refractivity (Wildman–Crippen MR) is 93.8 cm³/mol. The third-order valence-electron chi connectivity index (χ3n) is 4.36. The monoisotopic (exact) mass is 347 g/mol. The maximum Gasteiger partial charge on any atom is 0.250 e. The standard InChI is InChI=1S/C17H21N3O3S/c1-18(2)24(22,23)15-4-5-16-14(11-15)7-9-20(16)12-13-6-8-19(3)17(21)10-13/h4-6,8,10-11H,7,9,12H2,1-3H3. The number of anilines is 1. The summed E-state index contributed by atoms with van der Waals surface area (Å²) in [5, 5.41) is 0. The molecule has 24 heavy (non-hydrogen) atoms. The van der Waals surface area contributed by atoms with Crippen LogP contribution in [0.3, 0.4) is 0 Å². The third-order valence-corrected chi connectivity index (χ3v) is 6.17. The zero-order valence-corrected chi connectivity index (χ0v) is 14.9. The highest BCUT2D eigenvalue weighted by atomic mass is 32.2. The van der Waals surface area contributed by atoms with Crippen LogP contribution >= 0.6 is 0 Å². The summed E-state index contributed by atoms with van der Waals surface area (Å²) >= 11 is 0. The Morgan fingerprint density at radius 2 is 1.92 bits per heavy atom. The van der Waals surface area contributed by atoms with Crippen molar-refractivity contribution in [3.05, 3.63) is 58.0 Å². The van der Waals surface area contributed by atoms with Crippen LogP contribution in [-0.2, 0) is 30.0 Å². The highest BCUT2D eigenvalue weighted by Crippen LogP contribution is 2.31. The van der Waals surface area contributed by atoms with Crippen molar-refractivity contribution >= 4 is 15.7 Å². The molecule has 0 saturated carbocycles. The molecule has 7 heteroatoms. The SMILES string of the molecule is CN(C)S(=O)(=O)c1ccc2c(c1)CCN2Cc1ccn(C)c(=O)c1. The molecule has 0 unspecified atom stereocenters. The van der Waals surface area contributed by atoms with Gasteiger partial charge in [-0.3, -0.25) is 4.79 Å². The molecule has 128 valence electrons. The van der Waals surface area contributed by atoms with Gasteiger partial charge in [-0.15, -0.1) is 0 Å². The van der Waals surface area contributed by atoms with Crippen molar-refractivity contribution in [3.63, 3.8) is 0 Å². The second-order valence-electron chi connectivity index (χ2n) is 6.23. The maximum atomic E-state index is 12.2. The summed E-state index contributed by atoms with van der Waals surface area (Å²) in [6.07, 6.45) is 2.57. The Morgan fingerprint density at radius 3 is 2.58 bits per heavy atom. The van der Waals surface area contributed by atoms with Gasteiger partial charge in [0.05, 0.1) is 4.90 Å². The number of aromatic nitrogens is 1. The van der Waals surface area contributed by atoms with Crippen LogP contribution in [-0.4, -0.2) is 37.9 Å². The van der Waals surface area contributed by atoms with Crippen LogP contribution in [0.15, 0.2) is 46.2 Å². The van der Waals surface area contributed by atoms with Crippen molar-refractivity contribution in [1.29, 1.82) is 0 Å². The van der Waals surface area contributed by atoms with Gasteiger partial charge in [-0.2, -0.15) is 0 Å². The minimum Gasteiger partial charge on any atom is -0.367 e. The molecule has 0 bridgehead atoms. The number of aryl methyl sites for hydroxylation is 1. The van der Waals surface area contributed by atoms with Crippen molar-refractivity contribution in [1.82, 2.24) is 8.87 Å². The average Bonchev–Trinajstić information content (AvgIpc) is 2.93. The molecule has 1 aliphatic rings. The van der Waals surface area contributed by atoms with E-state index in [1.165, 1.54) is 18.4 Å². The van der Waals surface area contributed by atoms with Crippen molar-refractivity contribution < 1.29 is 8.42 Å². The van der Waals surface area contributed by atoms with E-state index in [1.807, 2.05) is 12.1 Å². The summed E-state index contributed by atoms with van der Waals surface area (Å²) in [7, 11) is 1.38. The van der Waals surface area contributed by atoms with Crippen molar-refractivity contribution in [2.24, 2.45) is 7.05 Å². The molecule has 0 amide bonds. The summed E-state index contributed by atoms with van der Waals surface area (Å²) in [4.78, 5) is 14.2. The van der Waals surface area contributed by atoms with Crippen LogP contribution in [0, 0.1) is 0 Å². The van der Waals surface area contributed by atoms with Crippen molar-refractivity contribution in [2.45, 2.75) is 17.9 Å². The first kappa shape index (κ1) is 16.7. The van der Waals surface area contributed by atoms with Crippen LogP contribution in [0.1, 0.15) is 11.1 Å². The maximum absolute atomic E-state index is 12.2. The van der Waals surface area contributed by atoms with Gasteiger partial charge in [0.2, 0.25) is 10.0 Å². The number of rotatable bonds is 4. The Labute approximate surface area is 142 Å². The summed E-state index contributed by atoms with van der Waals surface area (Å²) in [6, 6.07) is 8.85. The average molecular weight is 347 g/mol. The summed E-state index contributed by atoms with van der Waals surface area (Å²) in [5.74, 6) is 0. The van der Waals surface area contributed by atoms with E-state index in [9.17, 15) is 13.2 Å². The topological polar surface area (TPSA) is 62.6 Å². The minimum absolute atomic E-state index is 0.0284. The number of pyridine rings is 1. The van der Waals surface area contributed by atoms with E-state index >= 15 is 0 Å². The second-order valence-corrected chi connectivity index (χ2v) is 8.39. The first-order chi connectivity index (χ1) is 11.3. The number of nitrogens with zero attached hydrogens (tertiary/aromatic N) is 3. The second kappa shape index (κ2) is 6.07. The molecule has 2 aromatic rings. The van der Waals surface area contributed by atoms with Gasteiger partial charge in [0, 0.05) is 52.2 Å². The fraction of sp³-hybridized carbons (Fsp3) is 0.353. The zero-order valence-electron chi connectivity index (χ0n) is 14.1. The molecule has 0 radical (unpaired) electrons. The van der Waals surface area contributed by atoms with E-state index in [-0.39, 0.29) is 5.56 Å². The van der Waals surface area contributed by atoms with Crippen LogP contribution in [0.2, 0.25) is 0 Å². The first-order valence-corrected chi connectivity index (χ1v) is 9.19. The van der Waals surface area contributed by atoms with Gasteiger partial charge in [-0.1, -0.05) is 0 Å². The largest absolute Gasteiger partial charge is 0.367 e. The third kappa shape index (κ3) is 2.97. The van der Waals surface area contributed by atoms with Gasteiger partial charge < -0.3 is 9.47 Å². The number of benzene rings is 1. The lowest BCUT2D eigenvalue weighted by Gasteiger charge is -2.20. The molecule has 0 fully saturated rings. The molecular weight excluding hydrogens is 326 g/mol. The minimum atomic E-state index is -3.41. The molecule has 0 N–H and O–H groups in total. The van der Waals surface area contributed by atoms with Gasteiger partial charge in [0.1, 0.15) is 0 Å². The Morgan fingerprint density at radius 1 is 1.17 bits per heavy atom. The number of fused-ring (bicyclic) bond motifs is 1. The normalized spacial score (nSPS) is 14.2. The van der Waals surface area contributed by atoms with Crippen LogP contribution in [0.25, 0.3) is 0 Å². The van der Waals surface area contributed by atoms with E-state index < -0.39 is 10.0 Å². The van der Waals surface area contributed by atoms with E-state index in [0.29, 0.717) is 11.4 Å². The summed E-state index contributed by atoms with van der Waals surface area (Å²) < 4.78 is 27.3. The molecular formula is C17H21N3O3S. The fourth-order valence-electron chi connectivity index (χ4n) is 2.89. The molecule has 1 aromatic carbocycles. The molecule has 0 spiro atoms. The van der Waals surface area contributed by atoms with E-state index in [1.54, 1.807) is 36.0 Å². The van der Waals surface area contributed by atoms with Crippen LogP contribution in [0.5, 0.6) is 0 Å². The van der Waals surface area contributed by atoms with E-state index in [0.717, 1.165) is 29.8 Å². The zero-order chi connectivity index (χ0) is 17.5. The van der Waals surface area contributed by atoms with E-state index in [4.69, 9.17) is 0 Å². The molecule has 0 aliphatic carbocycles. The molecule has 2 heterocycles. The summed E-state index contributed by atoms with van der Waals surface area (Å²) in [5.41, 5.74) is 2.99. The molecule has 1 aliphatic heterocycles.